The molecule has 1 atom stereocenters. The number of amides is 2. The van der Waals surface area contributed by atoms with Crippen molar-refractivity contribution in [3.05, 3.63) is 58.9 Å². The summed E-state index contributed by atoms with van der Waals surface area (Å²) in [5.74, 6) is -3.12. The predicted molar refractivity (Wildman–Crippen MR) is 96.2 cm³/mol. The van der Waals surface area contributed by atoms with Crippen LogP contribution in [0, 0.1) is 5.82 Å². The second kappa shape index (κ2) is 7.67. The zero-order chi connectivity index (χ0) is 20.4. The molecule has 0 radical (unpaired) electrons. The lowest BCUT2D eigenvalue weighted by molar-refractivity contribution is -0.141. The largest absolute Gasteiger partial charge is 0.493 e. The molecular formula is C20H18FNO6. The molecule has 1 aliphatic heterocycles. The van der Waals surface area contributed by atoms with Gasteiger partial charge >= 0.3 is 5.97 Å². The number of nitrogens with zero attached hydrogens (tertiary/aromatic N) is 1. The minimum atomic E-state index is -1.49. The second-order valence-corrected chi connectivity index (χ2v) is 6.12. The molecule has 0 saturated heterocycles. The fourth-order valence-electron chi connectivity index (χ4n) is 3.17. The van der Waals surface area contributed by atoms with Crippen molar-refractivity contribution in [1.82, 2.24) is 4.90 Å². The average Bonchev–Trinajstić information content (AvgIpc) is 2.92. The van der Waals surface area contributed by atoms with E-state index in [4.69, 9.17) is 9.47 Å². The van der Waals surface area contributed by atoms with Crippen LogP contribution >= 0.6 is 0 Å². The first-order valence-corrected chi connectivity index (χ1v) is 8.58. The maximum atomic E-state index is 14.0. The van der Waals surface area contributed by atoms with E-state index >= 15 is 0 Å². The van der Waals surface area contributed by atoms with Gasteiger partial charge in [-0.05, 0) is 36.8 Å². The number of aliphatic carboxylic acids is 1. The van der Waals surface area contributed by atoms with Crippen molar-refractivity contribution in [3.63, 3.8) is 0 Å². The molecule has 0 aliphatic carbocycles. The van der Waals surface area contributed by atoms with Gasteiger partial charge in [-0.25, -0.2) is 9.18 Å². The molecule has 2 aromatic carbocycles. The highest BCUT2D eigenvalue weighted by Crippen LogP contribution is 2.31. The number of carbonyl (C=O) groups is 3. The molecule has 7 nitrogen and oxygen atoms in total. The summed E-state index contributed by atoms with van der Waals surface area (Å²) in [5, 5.41) is 9.66. The lowest BCUT2D eigenvalue weighted by Crippen LogP contribution is -2.46. The van der Waals surface area contributed by atoms with E-state index in [1.807, 2.05) is 0 Å². The number of rotatable bonds is 7. The summed E-state index contributed by atoms with van der Waals surface area (Å²) in [5.41, 5.74) is -0.0156. The van der Waals surface area contributed by atoms with Gasteiger partial charge in [0.1, 0.15) is 11.9 Å². The lowest BCUT2D eigenvalue weighted by atomic mass is 10.0. The van der Waals surface area contributed by atoms with Gasteiger partial charge in [-0.2, -0.15) is 0 Å². The van der Waals surface area contributed by atoms with Gasteiger partial charge in [-0.15, -0.1) is 0 Å². The van der Waals surface area contributed by atoms with Crippen molar-refractivity contribution < 1.29 is 33.4 Å². The van der Waals surface area contributed by atoms with Crippen molar-refractivity contribution in [2.24, 2.45) is 0 Å². The molecule has 0 aromatic heterocycles. The van der Waals surface area contributed by atoms with E-state index in [9.17, 15) is 23.9 Å². The molecule has 2 aromatic rings. The number of ether oxygens (including phenoxy) is 2. The van der Waals surface area contributed by atoms with E-state index in [0.717, 1.165) is 6.07 Å². The highest BCUT2D eigenvalue weighted by Gasteiger charge is 2.44. The Morgan fingerprint density at radius 3 is 2.54 bits per heavy atom. The number of imide groups is 1. The van der Waals surface area contributed by atoms with E-state index < -0.39 is 35.2 Å². The fraction of sp³-hybridized carbons (Fsp3) is 0.250. The first-order valence-electron chi connectivity index (χ1n) is 8.58. The molecule has 0 spiro atoms. The number of methoxy groups -OCH3 is 1. The van der Waals surface area contributed by atoms with Crippen LogP contribution in [0.2, 0.25) is 0 Å². The summed E-state index contributed by atoms with van der Waals surface area (Å²) in [6, 6.07) is 7.00. The van der Waals surface area contributed by atoms with Crippen LogP contribution in [0.15, 0.2) is 36.4 Å². The summed E-state index contributed by atoms with van der Waals surface area (Å²) in [4.78, 5) is 37.6. The van der Waals surface area contributed by atoms with E-state index in [2.05, 4.69) is 0 Å². The van der Waals surface area contributed by atoms with Crippen LogP contribution in [0.5, 0.6) is 11.5 Å². The monoisotopic (exact) mass is 387 g/mol. The summed E-state index contributed by atoms with van der Waals surface area (Å²) in [6.45, 7) is 2.17. The Labute approximate surface area is 160 Å². The number of carboxylic acids is 1. The number of halogens is 1. The normalized spacial score (nSPS) is 14.0. The van der Waals surface area contributed by atoms with Gasteiger partial charge in [-0.3, -0.25) is 14.5 Å². The Bertz CT molecular complexity index is 958. The molecule has 0 fully saturated rings. The molecule has 1 aliphatic rings. The molecule has 1 heterocycles. The SMILES string of the molecule is CCOc1cc(CC(C(=O)O)N2C(=O)c3cccc(F)c3C2=O)ccc1OC. The van der Waals surface area contributed by atoms with Crippen LogP contribution in [-0.4, -0.2) is 47.5 Å². The summed E-state index contributed by atoms with van der Waals surface area (Å²) in [7, 11) is 1.48. The standard InChI is InChI=1S/C20H18FNO6/c1-3-28-16-10-11(7-8-15(16)27-2)9-14(20(25)26)22-18(23)12-5-4-6-13(21)17(12)19(22)24/h4-8,10,14H,3,9H2,1-2H3,(H,25,26). The number of hydrogen-bond donors (Lipinski definition) is 1. The Balaban J connectivity index is 1.95. The smallest absolute Gasteiger partial charge is 0.327 e. The molecule has 1 N–H and O–H groups in total. The third kappa shape index (κ3) is 3.28. The Morgan fingerprint density at radius 1 is 1.18 bits per heavy atom. The zero-order valence-electron chi connectivity index (χ0n) is 15.3. The third-order valence-corrected chi connectivity index (χ3v) is 4.45. The van der Waals surface area contributed by atoms with Gasteiger partial charge in [-0.1, -0.05) is 12.1 Å². The zero-order valence-corrected chi connectivity index (χ0v) is 15.3. The Morgan fingerprint density at radius 2 is 1.93 bits per heavy atom. The summed E-state index contributed by atoms with van der Waals surface area (Å²) in [6.07, 6.45) is -0.160. The number of carbonyl (C=O) groups excluding carboxylic acids is 2. The van der Waals surface area contributed by atoms with E-state index in [1.165, 1.54) is 19.2 Å². The molecular weight excluding hydrogens is 369 g/mol. The van der Waals surface area contributed by atoms with Crippen molar-refractivity contribution >= 4 is 17.8 Å². The van der Waals surface area contributed by atoms with Crippen LogP contribution in [0.3, 0.4) is 0 Å². The average molecular weight is 387 g/mol. The van der Waals surface area contributed by atoms with Crippen molar-refractivity contribution in [3.8, 4) is 11.5 Å². The van der Waals surface area contributed by atoms with Crippen molar-refractivity contribution in [2.45, 2.75) is 19.4 Å². The van der Waals surface area contributed by atoms with Crippen molar-refractivity contribution in [2.75, 3.05) is 13.7 Å². The molecule has 2 amide bonds. The maximum Gasteiger partial charge on any atom is 0.327 e. The molecule has 0 saturated carbocycles. The summed E-state index contributed by atoms with van der Waals surface area (Å²) >= 11 is 0. The topological polar surface area (TPSA) is 93.1 Å². The van der Waals surface area contributed by atoms with Gasteiger partial charge in [0.05, 0.1) is 24.8 Å². The molecule has 3 rings (SSSR count). The van der Waals surface area contributed by atoms with Gasteiger partial charge in [0, 0.05) is 6.42 Å². The van der Waals surface area contributed by atoms with Gasteiger partial charge < -0.3 is 14.6 Å². The van der Waals surface area contributed by atoms with Crippen molar-refractivity contribution in [1.29, 1.82) is 0 Å². The Hall–Kier alpha value is -3.42. The Kier molecular flexibility index (Phi) is 5.30. The van der Waals surface area contributed by atoms with E-state index in [1.54, 1.807) is 25.1 Å². The lowest BCUT2D eigenvalue weighted by Gasteiger charge is -2.23. The number of carboxylic acid groups (broad SMARTS) is 1. The number of fused-ring (bicyclic) bond motifs is 1. The predicted octanol–water partition coefficient (Wildman–Crippen LogP) is 2.52. The van der Waals surface area contributed by atoms with Gasteiger partial charge in [0.2, 0.25) is 0 Å². The van der Waals surface area contributed by atoms with Gasteiger partial charge in [0.15, 0.2) is 11.5 Å². The fourth-order valence-corrected chi connectivity index (χ4v) is 3.17. The quantitative estimate of drug-likeness (QED) is 0.734. The maximum absolute atomic E-state index is 14.0. The summed E-state index contributed by atoms with van der Waals surface area (Å²) < 4.78 is 24.7. The molecule has 8 heteroatoms. The molecule has 28 heavy (non-hydrogen) atoms. The van der Waals surface area contributed by atoms with Crippen LogP contribution in [0.4, 0.5) is 4.39 Å². The highest BCUT2D eigenvalue weighted by atomic mass is 19.1. The number of benzene rings is 2. The van der Waals surface area contributed by atoms with E-state index in [0.29, 0.717) is 28.6 Å². The van der Waals surface area contributed by atoms with Crippen LogP contribution in [0.1, 0.15) is 33.2 Å². The molecule has 1 unspecified atom stereocenters. The molecule has 0 bridgehead atoms. The van der Waals surface area contributed by atoms with Gasteiger partial charge in [0.25, 0.3) is 11.8 Å². The highest BCUT2D eigenvalue weighted by molar-refractivity contribution is 6.22. The van der Waals surface area contributed by atoms with E-state index in [-0.39, 0.29) is 12.0 Å². The van der Waals surface area contributed by atoms with Crippen LogP contribution in [0.25, 0.3) is 0 Å². The molecule has 146 valence electrons. The number of hydrogen-bond acceptors (Lipinski definition) is 5. The first kappa shape index (κ1) is 19.3. The third-order valence-electron chi connectivity index (χ3n) is 4.45. The minimum Gasteiger partial charge on any atom is -0.493 e. The van der Waals surface area contributed by atoms with Crippen LogP contribution in [-0.2, 0) is 11.2 Å². The first-order chi connectivity index (χ1) is 13.4. The second-order valence-electron chi connectivity index (χ2n) is 6.12. The van der Waals surface area contributed by atoms with Crippen LogP contribution < -0.4 is 9.47 Å². The minimum absolute atomic E-state index is 0.138.